The van der Waals surface area contributed by atoms with Gasteiger partial charge in [0.1, 0.15) is 16.8 Å². The number of fused-ring (bicyclic) bond motifs is 2. The van der Waals surface area contributed by atoms with Gasteiger partial charge in [-0.1, -0.05) is 30.3 Å². The number of pyridine rings is 1. The molecule has 4 heterocycles. The first-order valence-corrected chi connectivity index (χ1v) is 15.1. The highest BCUT2D eigenvalue weighted by molar-refractivity contribution is 5.96. The predicted octanol–water partition coefficient (Wildman–Crippen LogP) is 5.69. The average Bonchev–Trinajstić information content (AvgIpc) is 3.83. The van der Waals surface area contributed by atoms with Gasteiger partial charge in [-0.2, -0.15) is 18.7 Å². The standard InChI is InChI=1S/C32H31F3N8O5/c1-3-43-28-24(46-15-7-13-36-14-12-20-17-37-23-11-10-21(45-2)16-22(20)23)18-38-25(19-8-5-4-6-9-19)26(28)39-30(43)27-29(42-48-40-27)41-47-31(44)32(33,34)35/h4-6,8-11,16-18,36-37H,3,7,12-15H2,1-2H3,(H,41,42). The minimum absolute atomic E-state index is 0.0779. The van der Waals surface area contributed by atoms with Gasteiger partial charge in [-0.25, -0.2) is 19.4 Å². The average molecular weight is 665 g/mol. The molecule has 13 nitrogen and oxygen atoms in total. The lowest BCUT2D eigenvalue weighted by Crippen LogP contribution is -2.27. The van der Waals surface area contributed by atoms with E-state index >= 15 is 0 Å². The second-order valence-corrected chi connectivity index (χ2v) is 10.6. The van der Waals surface area contributed by atoms with Gasteiger partial charge >= 0.3 is 12.1 Å². The molecule has 6 rings (SSSR count). The van der Waals surface area contributed by atoms with Crippen LogP contribution in [0.3, 0.4) is 0 Å². The Morgan fingerprint density at radius 3 is 2.69 bits per heavy atom. The van der Waals surface area contributed by atoms with Gasteiger partial charge in [0.05, 0.1) is 25.6 Å². The van der Waals surface area contributed by atoms with E-state index in [4.69, 9.17) is 19.1 Å². The van der Waals surface area contributed by atoms with Gasteiger partial charge < -0.3 is 29.2 Å². The van der Waals surface area contributed by atoms with Gasteiger partial charge in [0.25, 0.3) is 0 Å². The third-order valence-corrected chi connectivity index (χ3v) is 7.57. The number of aromatic nitrogens is 6. The normalized spacial score (nSPS) is 11.7. The summed E-state index contributed by atoms with van der Waals surface area (Å²) in [6.07, 6.45) is -0.0541. The van der Waals surface area contributed by atoms with Crippen LogP contribution < -0.4 is 20.3 Å². The van der Waals surface area contributed by atoms with Crippen LogP contribution in [-0.4, -0.2) is 68.8 Å². The molecular weight excluding hydrogens is 633 g/mol. The maximum atomic E-state index is 12.7. The lowest BCUT2D eigenvalue weighted by atomic mass is 10.1. The van der Waals surface area contributed by atoms with E-state index in [-0.39, 0.29) is 17.3 Å². The number of H-pyrrole nitrogens is 1. The molecule has 4 aromatic heterocycles. The van der Waals surface area contributed by atoms with Crippen LogP contribution in [0, 0.1) is 0 Å². The summed E-state index contributed by atoms with van der Waals surface area (Å²) >= 11 is 0. The largest absolute Gasteiger partial charge is 0.497 e. The lowest BCUT2D eigenvalue weighted by Gasteiger charge is -2.12. The Morgan fingerprint density at radius 1 is 1.08 bits per heavy atom. The van der Waals surface area contributed by atoms with Crippen molar-refractivity contribution in [2.24, 2.45) is 0 Å². The maximum absolute atomic E-state index is 12.7. The minimum atomic E-state index is -5.22. The fourth-order valence-electron chi connectivity index (χ4n) is 5.29. The van der Waals surface area contributed by atoms with E-state index in [1.165, 1.54) is 5.56 Å². The Kier molecular flexibility index (Phi) is 9.43. The Morgan fingerprint density at radius 2 is 1.92 bits per heavy atom. The van der Waals surface area contributed by atoms with E-state index in [2.05, 4.69) is 30.4 Å². The fourth-order valence-corrected chi connectivity index (χ4v) is 5.29. The lowest BCUT2D eigenvalue weighted by molar-refractivity contribution is -0.196. The molecule has 0 saturated carbocycles. The molecule has 2 aromatic carbocycles. The van der Waals surface area contributed by atoms with Crippen molar-refractivity contribution in [2.75, 3.05) is 32.3 Å². The number of aromatic amines is 1. The molecule has 0 aliphatic heterocycles. The number of anilines is 1. The second kappa shape index (κ2) is 14.0. The summed E-state index contributed by atoms with van der Waals surface area (Å²) in [7, 11) is 1.65. The monoisotopic (exact) mass is 664 g/mol. The number of ether oxygens (including phenoxy) is 2. The molecule has 0 unspecified atom stereocenters. The van der Waals surface area contributed by atoms with E-state index in [0.29, 0.717) is 48.6 Å². The van der Waals surface area contributed by atoms with E-state index in [1.54, 1.807) is 17.9 Å². The first kappa shape index (κ1) is 32.3. The number of nitrogens with one attached hydrogen (secondary N) is 3. The maximum Gasteiger partial charge on any atom is 0.493 e. The van der Waals surface area contributed by atoms with Gasteiger partial charge in [0.15, 0.2) is 17.3 Å². The van der Waals surface area contributed by atoms with Crippen molar-refractivity contribution in [3.8, 4) is 34.3 Å². The van der Waals surface area contributed by atoms with Gasteiger partial charge in [0.2, 0.25) is 5.82 Å². The van der Waals surface area contributed by atoms with Crippen LogP contribution in [0.4, 0.5) is 19.0 Å². The molecule has 0 fully saturated rings. The smallest absolute Gasteiger partial charge is 0.493 e. The van der Waals surface area contributed by atoms with Gasteiger partial charge in [-0.05, 0) is 66.9 Å². The third kappa shape index (κ3) is 6.73. The van der Waals surface area contributed by atoms with Crippen LogP contribution in [0.15, 0.2) is 65.6 Å². The van der Waals surface area contributed by atoms with Crippen molar-refractivity contribution in [1.82, 2.24) is 35.1 Å². The summed E-state index contributed by atoms with van der Waals surface area (Å²) < 4.78 is 56.2. The molecule has 0 aliphatic rings. The number of aryl methyl sites for hydroxylation is 1. The van der Waals surface area contributed by atoms with Crippen molar-refractivity contribution in [2.45, 2.75) is 32.5 Å². The minimum Gasteiger partial charge on any atom is -0.497 e. The zero-order valence-electron chi connectivity index (χ0n) is 25.9. The number of carbonyl (C=O) groups is 1. The summed E-state index contributed by atoms with van der Waals surface area (Å²) in [4.78, 5) is 28.1. The molecule has 0 bridgehead atoms. The van der Waals surface area contributed by atoms with Crippen LogP contribution in [0.25, 0.3) is 44.7 Å². The zero-order valence-corrected chi connectivity index (χ0v) is 25.9. The van der Waals surface area contributed by atoms with E-state index in [9.17, 15) is 18.0 Å². The molecule has 0 amide bonds. The highest BCUT2D eigenvalue weighted by atomic mass is 19.4. The number of halogens is 3. The highest BCUT2D eigenvalue weighted by Crippen LogP contribution is 2.37. The topological polar surface area (TPSA) is 154 Å². The number of methoxy groups -OCH3 is 1. The molecule has 0 spiro atoms. The van der Waals surface area contributed by atoms with Crippen LogP contribution in [-0.2, 0) is 22.6 Å². The number of rotatable bonds is 14. The number of hydrogen-bond acceptors (Lipinski definition) is 11. The van der Waals surface area contributed by atoms with E-state index in [1.807, 2.05) is 67.1 Å². The van der Waals surface area contributed by atoms with Crippen molar-refractivity contribution < 1.29 is 36.9 Å². The summed E-state index contributed by atoms with van der Waals surface area (Å²) in [6, 6.07) is 15.3. The molecule has 16 heteroatoms. The zero-order chi connectivity index (χ0) is 33.7. The third-order valence-electron chi connectivity index (χ3n) is 7.57. The number of benzene rings is 2. The van der Waals surface area contributed by atoms with Gasteiger partial charge in [0, 0.05) is 29.2 Å². The second-order valence-electron chi connectivity index (χ2n) is 10.6. The number of alkyl halides is 3. The molecule has 0 saturated heterocycles. The van der Waals surface area contributed by atoms with E-state index in [0.717, 1.165) is 35.2 Å². The Labute approximate surface area is 271 Å². The summed E-state index contributed by atoms with van der Waals surface area (Å²) in [6.45, 7) is 4.06. The predicted molar refractivity (Wildman–Crippen MR) is 169 cm³/mol. The number of carbonyl (C=O) groups excluding carboxylic acids is 1. The van der Waals surface area contributed by atoms with Crippen LogP contribution in [0.2, 0.25) is 0 Å². The van der Waals surface area contributed by atoms with Crippen molar-refractivity contribution >= 4 is 33.7 Å². The Hall–Kier alpha value is -5.64. The van der Waals surface area contributed by atoms with Crippen LogP contribution >= 0.6 is 0 Å². The SMILES string of the molecule is CCn1c(-c2nonc2NOC(=O)C(F)(F)F)nc2c(-c3ccccc3)ncc(OCCCNCCc3c[nH]c4ccc(OC)cc34)c21. The van der Waals surface area contributed by atoms with Crippen LogP contribution in [0.1, 0.15) is 18.9 Å². The Bertz CT molecular complexity index is 2020. The van der Waals surface area contributed by atoms with Crippen molar-refractivity contribution in [3.05, 3.63) is 66.5 Å². The summed E-state index contributed by atoms with van der Waals surface area (Å²) in [5.41, 5.74) is 6.45. The molecule has 3 N–H and O–H groups in total. The molecule has 0 atom stereocenters. The molecule has 6 aromatic rings. The fraction of sp³-hybridized carbons (Fsp3) is 0.281. The van der Waals surface area contributed by atoms with Crippen molar-refractivity contribution in [1.29, 1.82) is 0 Å². The van der Waals surface area contributed by atoms with Crippen LogP contribution in [0.5, 0.6) is 11.5 Å². The molecule has 0 aliphatic carbocycles. The van der Waals surface area contributed by atoms with Crippen molar-refractivity contribution in [3.63, 3.8) is 0 Å². The molecular formula is C32H31F3N8O5. The first-order chi connectivity index (χ1) is 23.3. The molecule has 48 heavy (non-hydrogen) atoms. The summed E-state index contributed by atoms with van der Waals surface area (Å²) in [5, 5.41) is 12.0. The highest BCUT2D eigenvalue weighted by Gasteiger charge is 2.42. The number of nitrogens with zero attached hydrogens (tertiary/aromatic N) is 5. The van der Waals surface area contributed by atoms with Gasteiger partial charge in [-0.3, -0.25) is 0 Å². The molecule has 0 radical (unpaired) electrons. The first-order valence-electron chi connectivity index (χ1n) is 15.1. The van der Waals surface area contributed by atoms with E-state index < -0.39 is 12.1 Å². The summed E-state index contributed by atoms with van der Waals surface area (Å²) in [5.74, 6) is -1.38. The quantitative estimate of drug-likeness (QED) is 0.0972. The van der Waals surface area contributed by atoms with Gasteiger partial charge in [-0.15, -0.1) is 0 Å². The Balaban J connectivity index is 1.18. The molecule has 250 valence electrons. The number of imidazole rings is 1. The number of hydrogen-bond donors (Lipinski definition) is 3.